The molecule has 0 spiro atoms. The van der Waals surface area contributed by atoms with Gasteiger partial charge < -0.3 is 5.73 Å². The van der Waals surface area contributed by atoms with Gasteiger partial charge in [-0.05, 0) is 38.1 Å². The Labute approximate surface area is 124 Å². The van der Waals surface area contributed by atoms with Gasteiger partial charge in [-0.2, -0.15) is 0 Å². The topological polar surface area (TPSA) is 32.5 Å². The summed E-state index contributed by atoms with van der Waals surface area (Å²) < 4.78 is 1.17. The Balaban J connectivity index is 2.06. The summed E-state index contributed by atoms with van der Waals surface area (Å²) in [5, 5.41) is 0. The second-order valence-electron chi connectivity index (χ2n) is 6.07. The van der Waals surface area contributed by atoms with Gasteiger partial charge in [-0.25, -0.2) is 0 Å². The van der Waals surface area contributed by atoms with E-state index in [1.54, 1.807) is 0 Å². The Morgan fingerprint density at radius 3 is 2.63 bits per heavy atom. The Bertz CT molecular complexity index is 445. The Morgan fingerprint density at radius 2 is 2.05 bits per heavy atom. The van der Waals surface area contributed by atoms with Crippen LogP contribution in [0.2, 0.25) is 0 Å². The molecule has 0 atom stereocenters. The van der Waals surface area contributed by atoms with E-state index in [0.717, 1.165) is 26.2 Å². The summed E-state index contributed by atoms with van der Waals surface area (Å²) in [6.07, 6.45) is 0. The van der Waals surface area contributed by atoms with Crippen molar-refractivity contribution in [1.29, 1.82) is 0 Å². The van der Waals surface area contributed by atoms with Crippen molar-refractivity contribution >= 4 is 15.9 Å². The number of benzene rings is 1. The lowest BCUT2D eigenvalue weighted by Crippen LogP contribution is -2.57. The van der Waals surface area contributed by atoms with Gasteiger partial charge in [0.2, 0.25) is 0 Å². The van der Waals surface area contributed by atoms with Crippen LogP contribution in [0.4, 0.5) is 0 Å². The summed E-state index contributed by atoms with van der Waals surface area (Å²) in [6, 6.07) is 6.45. The highest BCUT2D eigenvalue weighted by Gasteiger charge is 2.30. The molecular weight excluding hydrogens is 302 g/mol. The van der Waals surface area contributed by atoms with E-state index in [4.69, 9.17) is 5.73 Å². The maximum atomic E-state index is 5.67. The van der Waals surface area contributed by atoms with Crippen molar-refractivity contribution < 1.29 is 0 Å². The molecule has 1 aromatic carbocycles. The quantitative estimate of drug-likeness (QED) is 0.926. The molecule has 1 fully saturated rings. The summed E-state index contributed by atoms with van der Waals surface area (Å²) in [7, 11) is 2.21. The monoisotopic (exact) mass is 325 g/mol. The predicted octanol–water partition coefficient (Wildman–Crippen LogP) is 2.43. The fraction of sp³-hybridized carbons (Fsp3) is 0.600. The molecule has 0 aromatic heterocycles. The average molecular weight is 326 g/mol. The molecular formula is C15H24BrN3. The summed E-state index contributed by atoms with van der Waals surface area (Å²) in [6.45, 7) is 9.59. The maximum absolute atomic E-state index is 5.67. The Morgan fingerprint density at radius 1 is 1.32 bits per heavy atom. The van der Waals surface area contributed by atoms with Crippen LogP contribution in [0.3, 0.4) is 0 Å². The number of halogens is 1. The second kappa shape index (κ2) is 5.92. The number of nitrogens with two attached hydrogens (primary N) is 1. The molecule has 0 saturated carbocycles. The van der Waals surface area contributed by atoms with Gasteiger partial charge >= 0.3 is 0 Å². The Hall–Kier alpha value is -0.420. The SMILES string of the molecule is CN1CCN(Cc2ccc(CN)cc2Br)CC1(C)C. The van der Waals surface area contributed by atoms with Crippen molar-refractivity contribution in [2.24, 2.45) is 5.73 Å². The third-order valence-corrected chi connectivity index (χ3v) is 4.88. The highest BCUT2D eigenvalue weighted by molar-refractivity contribution is 9.10. The normalized spacial score (nSPS) is 20.7. The highest BCUT2D eigenvalue weighted by atomic mass is 79.9. The van der Waals surface area contributed by atoms with Gasteiger partial charge in [0.25, 0.3) is 0 Å². The zero-order valence-electron chi connectivity index (χ0n) is 12.1. The summed E-state index contributed by atoms with van der Waals surface area (Å²) in [4.78, 5) is 4.97. The second-order valence-corrected chi connectivity index (χ2v) is 6.93. The van der Waals surface area contributed by atoms with Gasteiger partial charge in [-0.1, -0.05) is 28.1 Å². The summed E-state index contributed by atoms with van der Waals surface area (Å²) in [5.74, 6) is 0. The molecule has 106 valence electrons. The predicted molar refractivity (Wildman–Crippen MR) is 84.0 cm³/mol. The number of rotatable bonds is 3. The van der Waals surface area contributed by atoms with Gasteiger partial charge in [-0.3, -0.25) is 9.80 Å². The van der Waals surface area contributed by atoms with Crippen LogP contribution in [0.5, 0.6) is 0 Å². The van der Waals surface area contributed by atoms with Crippen molar-refractivity contribution in [2.45, 2.75) is 32.5 Å². The third kappa shape index (κ3) is 3.57. The van der Waals surface area contributed by atoms with Gasteiger partial charge in [0, 0.05) is 42.7 Å². The van der Waals surface area contributed by atoms with Crippen molar-refractivity contribution in [3.8, 4) is 0 Å². The number of likely N-dealkylation sites (N-methyl/N-ethyl adjacent to an activating group) is 1. The molecule has 1 heterocycles. The van der Waals surface area contributed by atoms with Crippen molar-refractivity contribution in [1.82, 2.24) is 9.80 Å². The molecule has 0 aliphatic carbocycles. The van der Waals surface area contributed by atoms with Crippen molar-refractivity contribution in [3.63, 3.8) is 0 Å². The minimum Gasteiger partial charge on any atom is -0.326 e. The zero-order valence-corrected chi connectivity index (χ0v) is 13.7. The van der Waals surface area contributed by atoms with Crippen LogP contribution in [0.1, 0.15) is 25.0 Å². The van der Waals surface area contributed by atoms with E-state index < -0.39 is 0 Å². The van der Waals surface area contributed by atoms with E-state index >= 15 is 0 Å². The van der Waals surface area contributed by atoms with E-state index in [0.29, 0.717) is 6.54 Å². The van der Waals surface area contributed by atoms with E-state index in [-0.39, 0.29) is 5.54 Å². The van der Waals surface area contributed by atoms with Crippen LogP contribution < -0.4 is 5.73 Å². The van der Waals surface area contributed by atoms with Gasteiger partial charge in [0.05, 0.1) is 0 Å². The first-order valence-corrected chi connectivity index (χ1v) is 7.62. The molecule has 2 N–H and O–H groups in total. The number of hydrogen-bond acceptors (Lipinski definition) is 3. The van der Waals surface area contributed by atoms with Gasteiger partial charge in [0.15, 0.2) is 0 Å². The number of piperazine rings is 1. The number of nitrogens with zero attached hydrogens (tertiary/aromatic N) is 2. The molecule has 4 heteroatoms. The van der Waals surface area contributed by atoms with E-state index in [1.807, 2.05) is 0 Å². The van der Waals surface area contributed by atoms with E-state index in [1.165, 1.54) is 15.6 Å². The fourth-order valence-electron chi connectivity index (χ4n) is 2.56. The summed E-state index contributed by atoms with van der Waals surface area (Å²) >= 11 is 3.66. The van der Waals surface area contributed by atoms with E-state index in [9.17, 15) is 0 Å². The third-order valence-electron chi connectivity index (χ3n) is 4.14. The first-order valence-electron chi connectivity index (χ1n) is 6.83. The first-order chi connectivity index (χ1) is 8.92. The molecule has 2 rings (SSSR count). The molecule has 0 bridgehead atoms. The lowest BCUT2D eigenvalue weighted by molar-refractivity contribution is 0.0359. The lowest BCUT2D eigenvalue weighted by Gasteiger charge is -2.45. The fourth-order valence-corrected chi connectivity index (χ4v) is 3.11. The Kier molecular flexibility index (Phi) is 4.66. The van der Waals surface area contributed by atoms with E-state index in [2.05, 4.69) is 64.8 Å². The van der Waals surface area contributed by atoms with Crippen LogP contribution in [0.25, 0.3) is 0 Å². The molecule has 19 heavy (non-hydrogen) atoms. The smallest absolute Gasteiger partial charge is 0.0277 e. The summed E-state index contributed by atoms with van der Waals surface area (Å²) in [5.41, 5.74) is 8.44. The first kappa shape index (κ1) is 15.0. The minimum absolute atomic E-state index is 0.252. The van der Waals surface area contributed by atoms with Crippen LogP contribution in [-0.2, 0) is 13.1 Å². The standard InChI is InChI=1S/C15H24BrN3/c1-15(2)11-19(7-6-18(15)3)10-13-5-4-12(9-17)8-14(13)16/h4-5,8H,6-7,9-11,17H2,1-3H3. The van der Waals surface area contributed by atoms with Gasteiger partial charge in [-0.15, -0.1) is 0 Å². The molecule has 3 nitrogen and oxygen atoms in total. The molecule has 0 unspecified atom stereocenters. The molecule has 0 amide bonds. The largest absolute Gasteiger partial charge is 0.326 e. The van der Waals surface area contributed by atoms with Crippen LogP contribution >= 0.6 is 15.9 Å². The van der Waals surface area contributed by atoms with Crippen molar-refractivity contribution in [2.75, 3.05) is 26.7 Å². The molecule has 1 aliphatic rings. The average Bonchev–Trinajstić information content (AvgIpc) is 2.36. The highest BCUT2D eigenvalue weighted by Crippen LogP contribution is 2.24. The van der Waals surface area contributed by atoms with Gasteiger partial charge in [0.1, 0.15) is 0 Å². The molecule has 1 saturated heterocycles. The van der Waals surface area contributed by atoms with Crippen LogP contribution in [0.15, 0.2) is 22.7 Å². The molecule has 0 radical (unpaired) electrons. The maximum Gasteiger partial charge on any atom is 0.0277 e. The molecule has 1 aliphatic heterocycles. The van der Waals surface area contributed by atoms with Crippen LogP contribution in [-0.4, -0.2) is 42.0 Å². The minimum atomic E-state index is 0.252. The lowest BCUT2D eigenvalue weighted by atomic mass is 9.99. The van der Waals surface area contributed by atoms with Crippen LogP contribution in [0, 0.1) is 0 Å². The molecule has 1 aromatic rings. The van der Waals surface area contributed by atoms with Crippen molar-refractivity contribution in [3.05, 3.63) is 33.8 Å². The number of hydrogen-bond donors (Lipinski definition) is 1. The zero-order chi connectivity index (χ0) is 14.0.